The van der Waals surface area contributed by atoms with E-state index in [0.717, 1.165) is 19.4 Å². The van der Waals surface area contributed by atoms with Crippen LogP contribution in [0, 0.1) is 0 Å². The highest BCUT2D eigenvalue weighted by Crippen LogP contribution is 2.27. The van der Waals surface area contributed by atoms with Gasteiger partial charge in [-0.1, -0.05) is 23.1 Å². The smallest absolute Gasteiger partial charge is 0.251 e. The molecule has 3 heterocycles. The molecule has 1 saturated heterocycles. The lowest BCUT2D eigenvalue weighted by molar-refractivity contribution is -0.113. The summed E-state index contributed by atoms with van der Waals surface area (Å²) in [7, 11) is 0. The van der Waals surface area contributed by atoms with Crippen molar-refractivity contribution in [3.05, 3.63) is 17.0 Å². The van der Waals surface area contributed by atoms with E-state index in [-0.39, 0.29) is 17.8 Å². The van der Waals surface area contributed by atoms with Crippen LogP contribution in [0.15, 0.2) is 15.8 Å². The predicted molar refractivity (Wildman–Crippen MR) is 99.6 cm³/mol. The molecule has 2 aromatic rings. The lowest BCUT2D eigenvalue weighted by Gasteiger charge is -2.08. The number of aromatic nitrogens is 2. The van der Waals surface area contributed by atoms with Gasteiger partial charge in [0.25, 0.3) is 5.91 Å². The number of nitrogens with zero attached hydrogens (tertiary/aromatic N) is 2. The molecule has 1 aliphatic rings. The highest BCUT2D eigenvalue weighted by atomic mass is 32.2. The molecule has 11 heteroatoms. The minimum absolute atomic E-state index is 0.177. The van der Waals surface area contributed by atoms with Crippen LogP contribution < -0.4 is 16.4 Å². The summed E-state index contributed by atoms with van der Waals surface area (Å²) in [5.74, 6) is -0.606. The maximum absolute atomic E-state index is 12.0. The summed E-state index contributed by atoms with van der Waals surface area (Å²) in [5, 5.41) is 16.9. The summed E-state index contributed by atoms with van der Waals surface area (Å²) in [6.45, 7) is 1.54. The fourth-order valence-corrected chi connectivity index (χ4v) is 4.60. The molecular weight excluding hydrogens is 382 g/mol. The Morgan fingerprint density at radius 3 is 3.08 bits per heavy atom. The van der Waals surface area contributed by atoms with Gasteiger partial charge in [-0.05, 0) is 24.3 Å². The first kappa shape index (κ1) is 18.1. The van der Waals surface area contributed by atoms with Crippen molar-refractivity contribution in [2.75, 3.05) is 29.5 Å². The summed E-state index contributed by atoms with van der Waals surface area (Å²) in [5.41, 5.74) is 5.57. The van der Waals surface area contributed by atoms with Gasteiger partial charge in [0.1, 0.15) is 5.00 Å². The highest BCUT2D eigenvalue weighted by Gasteiger charge is 2.16. The second kappa shape index (κ2) is 8.61. The summed E-state index contributed by atoms with van der Waals surface area (Å²) in [6.07, 6.45) is 2.39. The lowest BCUT2D eigenvalue weighted by Crippen LogP contribution is -2.18. The second-order valence-corrected chi connectivity index (χ2v) is 8.37. The normalized spacial score (nSPS) is 16.7. The van der Waals surface area contributed by atoms with E-state index >= 15 is 0 Å². The fraction of sp³-hybridized carbons (Fsp3) is 0.429. The Bertz CT molecular complexity index is 742. The largest absolute Gasteiger partial charge is 0.376 e. The molecule has 1 atom stereocenters. The molecule has 25 heavy (non-hydrogen) atoms. The summed E-state index contributed by atoms with van der Waals surface area (Å²) in [6, 6.07) is 1.59. The standard InChI is InChI=1S/C14H17N5O3S3/c15-11(21)9-3-5-23-12(9)17-10(20)7-24-14-19-18-13(25-14)16-6-8-2-1-4-22-8/h3,5,8H,1-2,4,6-7H2,(H2,15,21)(H,16,18)(H,17,20)/t8-/m1/s1. The van der Waals surface area contributed by atoms with E-state index in [1.807, 2.05) is 0 Å². The Morgan fingerprint density at radius 2 is 2.32 bits per heavy atom. The molecule has 0 saturated carbocycles. The molecular formula is C14H17N5O3S3. The molecule has 2 aromatic heterocycles. The van der Waals surface area contributed by atoms with Crippen LogP contribution in [-0.2, 0) is 9.53 Å². The Balaban J connectivity index is 1.44. The van der Waals surface area contributed by atoms with E-state index in [0.29, 0.717) is 26.6 Å². The van der Waals surface area contributed by atoms with Gasteiger partial charge in [-0.15, -0.1) is 21.5 Å². The van der Waals surface area contributed by atoms with Crippen molar-refractivity contribution in [3.8, 4) is 0 Å². The number of ether oxygens (including phenoxy) is 1. The molecule has 2 amide bonds. The second-order valence-electron chi connectivity index (χ2n) is 5.25. The molecule has 4 N–H and O–H groups in total. The fourth-order valence-electron chi connectivity index (χ4n) is 2.24. The first-order valence-corrected chi connectivity index (χ1v) is 10.3. The molecule has 0 spiro atoms. The van der Waals surface area contributed by atoms with Crippen molar-refractivity contribution in [2.24, 2.45) is 5.73 Å². The van der Waals surface area contributed by atoms with E-state index in [9.17, 15) is 9.59 Å². The van der Waals surface area contributed by atoms with E-state index in [4.69, 9.17) is 10.5 Å². The number of carbonyl (C=O) groups is 2. The van der Waals surface area contributed by atoms with Crippen LogP contribution in [0.5, 0.6) is 0 Å². The maximum Gasteiger partial charge on any atom is 0.251 e. The highest BCUT2D eigenvalue weighted by molar-refractivity contribution is 8.01. The van der Waals surface area contributed by atoms with Crippen molar-refractivity contribution in [3.63, 3.8) is 0 Å². The number of rotatable bonds is 8. The number of anilines is 2. The van der Waals surface area contributed by atoms with Gasteiger partial charge in [-0.25, -0.2) is 0 Å². The van der Waals surface area contributed by atoms with E-state index < -0.39 is 5.91 Å². The van der Waals surface area contributed by atoms with Gasteiger partial charge >= 0.3 is 0 Å². The van der Waals surface area contributed by atoms with Gasteiger partial charge in [0.15, 0.2) is 4.34 Å². The predicted octanol–water partition coefficient (Wildman–Crippen LogP) is 2.02. The molecule has 1 fully saturated rings. The summed E-state index contributed by atoms with van der Waals surface area (Å²) in [4.78, 5) is 23.3. The van der Waals surface area contributed by atoms with Crippen LogP contribution in [0.3, 0.4) is 0 Å². The van der Waals surface area contributed by atoms with Crippen LogP contribution in [0.4, 0.5) is 10.1 Å². The number of nitrogens with one attached hydrogen (secondary N) is 2. The van der Waals surface area contributed by atoms with Crippen LogP contribution in [0.25, 0.3) is 0 Å². The number of carbonyl (C=O) groups excluding carboxylic acids is 2. The Hall–Kier alpha value is -1.69. The maximum atomic E-state index is 12.0. The number of nitrogens with two attached hydrogens (primary N) is 1. The molecule has 0 unspecified atom stereocenters. The van der Waals surface area contributed by atoms with Crippen molar-refractivity contribution in [1.82, 2.24) is 10.2 Å². The summed E-state index contributed by atoms with van der Waals surface area (Å²) >= 11 is 3.95. The topological polar surface area (TPSA) is 119 Å². The SMILES string of the molecule is NC(=O)c1ccsc1NC(=O)CSc1nnc(NC[C@H]2CCCO2)s1. The number of hydrogen-bond acceptors (Lipinski definition) is 9. The van der Waals surface area contributed by atoms with Gasteiger partial charge in [-0.3, -0.25) is 9.59 Å². The average Bonchev–Trinajstić information content (AvgIpc) is 3.32. The van der Waals surface area contributed by atoms with Crippen LogP contribution >= 0.6 is 34.4 Å². The molecule has 0 radical (unpaired) electrons. The summed E-state index contributed by atoms with van der Waals surface area (Å²) < 4.78 is 6.24. The van der Waals surface area contributed by atoms with Crippen LogP contribution in [0.2, 0.25) is 0 Å². The third kappa shape index (κ3) is 5.14. The molecule has 0 aromatic carbocycles. The first-order valence-electron chi connectivity index (χ1n) is 7.61. The lowest BCUT2D eigenvalue weighted by atomic mass is 10.2. The molecule has 0 bridgehead atoms. The van der Waals surface area contributed by atoms with Gasteiger partial charge in [0.2, 0.25) is 11.0 Å². The van der Waals surface area contributed by atoms with E-state index in [2.05, 4.69) is 20.8 Å². The molecule has 1 aliphatic heterocycles. The number of thiophene rings is 1. The van der Waals surface area contributed by atoms with Crippen molar-refractivity contribution >= 4 is 56.4 Å². The van der Waals surface area contributed by atoms with E-state index in [1.54, 1.807) is 11.4 Å². The third-order valence-corrected chi connectivity index (χ3v) is 6.27. The minimum atomic E-state index is -0.560. The quantitative estimate of drug-likeness (QED) is 0.581. The number of primary amides is 1. The minimum Gasteiger partial charge on any atom is -0.376 e. The van der Waals surface area contributed by atoms with Gasteiger partial charge < -0.3 is 21.1 Å². The number of amides is 2. The zero-order valence-electron chi connectivity index (χ0n) is 13.2. The molecule has 134 valence electrons. The van der Waals surface area contributed by atoms with Gasteiger partial charge in [0.05, 0.1) is 17.4 Å². The third-order valence-electron chi connectivity index (χ3n) is 3.42. The van der Waals surface area contributed by atoms with Crippen molar-refractivity contribution in [1.29, 1.82) is 0 Å². The molecule has 8 nitrogen and oxygen atoms in total. The number of thioether (sulfide) groups is 1. The van der Waals surface area contributed by atoms with Gasteiger partial charge in [0, 0.05) is 13.2 Å². The molecule has 3 rings (SSSR count). The monoisotopic (exact) mass is 399 g/mol. The van der Waals surface area contributed by atoms with Crippen LogP contribution in [-0.4, -0.2) is 47.0 Å². The molecule has 0 aliphatic carbocycles. The van der Waals surface area contributed by atoms with Crippen molar-refractivity contribution < 1.29 is 14.3 Å². The Kier molecular flexibility index (Phi) is 6.24. The Morgan fingerprint density at radius 1 is 1.44 bits per heavy atom. The zero-order chi connectivity index (χ0) is 17.6. The van der Waals surface area contributed by atoms with Crippen LogP contribution in [0.1, 0.15) is 23.2 Å². The number of hydrogen-bond donors (Lipinski definition) is 3. The van der Waals surface area contributed by atoms with Crippen molar-refractivity contribution in [2.45, 2.75) is 23.3 Å². The van der Waals surface area contributed by atoms with Gasteiger partial charge in [-0.2, -0.15) is 0 Å². The van der Waals surface area contributed by atoms with E-state index in [1.165, 1.54) is 34.4 Å². The average molecular weight is 400 g/mol. The first-order chi connectivity index (χ1) is 12.1. The zero-order valence-corrected chi connectivity index (χ0v) is 15.6. The Labute approximate surface area is 156 Å².